The van der Waals surface area contributed by atoms with E-state index in [9.17, 15) is 8.42 Å². The second kappa shape index (κ2) is 4.19. The lowest BCUT2D eigenvalue weighted by atomic mass is 10.1. The summed E-state index contributed by atoms with van der Waals surface area (Å²) in [7, 11) is -3.52. The third-order valence-electron chi connectivity index (χ3n) is 3.14. The summed E-state index contributed by atoms with van der Waals surface area (Å²) in [6, 6.07) is 0. The molecule has 1 atom stereocenters. The normalized spacial score (nSPS) is 22.4. The highest BCUT2D eigenvalue weighted by Gasteiger charge is 2.45. The lowest BCUT2D eigenvalue weighted by molar-refractivity contribution is 0.537. The summed E-state index contributed by atoms with van der Waals surface area (Å²) < 4.78 is 26.3. The van der Waals surface area contributed by atoms with Gasteiger partial charge in [0.05, 0.1) is 12.4 Å². The molecule has 1 heterocycles. The van der Waals surface area contributed by atoms with E-state index in [0.717, 1.165) is 6.42 Å². The fourth-order valence-electron chi connectivity index (χ4n) is 1.66. The summed E-state index contributed by atoms with van der Waals surface area (Å²) in [4.78, 5) is 7.35. The zero-order chi connectivity index (χ0) is 12.7. The fraction of sp³-hybridized carbons (Fsp3) is 0.600. The van der Waals surface area contributed by atoms with Crippen molar-refractivity contribution in [2.24, 2.45) is 11.3 Å². The van der Waals surface area contributed by atoms with Gasteiger partial charge >= 0.3 is 0 Å². The molecule has 1 aromatic rings. The maximum atomic E-state index is 11.9. The Morgan fingerprint density at radius 2 is 2.00 bits per heavy atom. The number of aromatic nitrogens is 2. The Kier molecular flexibility index (Phi) is 3.14. The van der Waals surface area contributed by atoms with Crippen LogP contribution in [-0.2, 0) is 10.0 Å². The molecule has 0 spiro atoms. The smallest absolute Gasteiger partial charge is 0.225 e. The van der Waals surface area contributed by atoms with E-state index in [-0.39, 0.29) is 15.6 Å². The van der Waals surface area contributed by atoms with Crippen LogP contribution in [0.15, 0.2) is 17.3 Å². The fourth-order valence-corrected chi connectivity index (χ4v) is 2.73. The lowest BCUT2D eigenvalue weighted by Crippen LogP contribution is -2.27. The predicted octanol–water partition coefficient (Wildman–Crippen LogP) is 1.45. The molecule has 0 radical (unpaired) electrons. The van der Waals surface area contributed by atoms with Crippen LogP contribution in [0.4, 0.5) is 0 Å². The molecule has 7 heteroatoms. The molecule has 5 nitrogen and oxygen atoms in total. The zero-order valence-corrected chi connectivity index (χ0v) is 11.2. The highest BCUT2D eigenvalue weighted by molar-refractivity contribution is 7.89. The van der Waals surface area contributed by atoms with E-state index in [2.05, 4.69) is 28.5 Å². The highest BCUT2D eigenvalue weighted by Crippen LogP contribution is 2.51. The van der Waals surface area contributed by atoms with Crippen molar-refractivity contribution in [1.29, 1.82) is 0 Å². The van der Waals surface area contributed by atoms with E-state index < -0.39 is 10.0 Å². The molecule has 1 aromatic heterocycles. The first-order valence-corrected chi connectivity index (χ1v) is 7.14. The summed E-state index contributed by atoms with van der Waals surface area (Å²) >= 11 is 5.50. The number of halogens is 1. The summed E-state index contributed by atoms with van der Waals surface area (Å²) in [6.45, 7) is 4.70. The quantitative estimate of drug-likeness (QED) is 0.845. The van der Waals surface area contributed by atoms with E-state index in [1.807, 2.05) is 0 Å². The number of nitrogens with zero attached hydrogens (tertiary/aromatic N) is 2. The zero-order valence-electron chi connectivity index (χ0n) is 9.64. The average Bonchev–Trinajstić information content (AvgIpc) is 2.85. The molecule has 0 saturated heterocycles. The van der Waals surface area contributed by atoms with Crippen LogP contribution in [0.1, 0.15) is 20.3 Å². The van der Waals surface area contributed by atoms with E-state index in [0.29, 0.717) is 12.5 Å². The van der Waals surface area contributed by atoms with Crippen LogP contribution in [0, 0.1) is 11.3 Å². The SMILES string of the molecule is CC1(C)CC1CNS(=O)(=O)c1cnc(Cl)nc1. The molecular formula is C10H14ClN3O2S. The monoisotopic (exact) mass is 275 g/mol. The van der Waals surface area contributed by atoms with Crippen LogP contribution >= 0.6 is 11.6 Å². The van der Waals surface area contributed by atoms with Crippen molar-refractivity contribution >= 4 is 21.6 Å². The molecule has 1 aliphatic carbocycles. The Bertz CT molecular complexity index is 513. The molecule has 0 bridgehead atoms. The van der Waals surface area contributed by atoms with Crippen LogP contribution in [0.25, 0.3) is 0 Å². The van der Waals surface area contributed by atoms with Gasteiger partial charge in [0.15, 0.2) is 0 Å². The van der Waals surface area contributed by atoms with Gasteiger partial charge in [0.25, 0.3) is 0 Å². The topological polar surface area (TPSA) is 72.0 Å². The van der Waals surface area contributed by atoms with Crippen molar-refractivity contribution in [3.05, 3.63) is 17.7 Å². The van der Waals surface area contributed by atoms with Gasteiger partial charge in [0, 0.05) is 6.54 Å². The van der Waals surface area contributed by atoms with Crippen LogP contribution in [-0.4, -0.2) is 24.9 Å². The molecule has 17 heavy (non-hydrogen) atoms. The first kappa shape index (κ1) is 12.7. The van der Waals surface area contributed by atoms with E-state index in [1.54, 1.807) is 0 Å². The van der Waals surface area contributed by atoms with Gasteiger partial charge in [-0.3, -0.25) is 0 Å². The van der Waals surface area contributed by atoms with Crippen molar-refractivity contribution in [2.75, 3.05) is 6.54 Å². The van der Waals surface area contributed by atoms with Crippen molar-refractivity contribution in [2.45, 2.75) is 25.2 Å². The number of rotatable bonds is 4. The van der Waals surface area contributed by atoms with Crippen molar-refractivity contribution in [1.82, 2.24) is 14.7 Å². The first-order valence-electron chi connectivity index (χ1n) is 5.28. The summed E-state index contributed by atoms with van der Waals surface area (Å²) in [5.74, 6) is 0.408. The largest absolute Gasteiger partial charge is 0.243 e. The minimum absolute atomic E-state index is 0.0345. The molecule has 0 aromatic carbocycles. The van der Waals surface area contributed by atoms with Crippen molar-refractivity contribution in [3.8, 4) is 0 Å². The Hall–Kier alpha value is -0.720. The van der Waals surface area contributed by atoms with E-state index in [4.69, 9.17) is 11.6 Å². The van der Waals surface area contributed by atoms with Crippen LogP contribution < -0.4 is 4.72 Å². The first-order chi connectivity index (χ1) is 7.81. The van der Waals surface area contributed by atoms with Gasteiger partial charge in [-0.15, -0.1) is 0 Å². The molecule has 1 saturated carbocycles. The summed E-state index contributed by atoms with van der Waals surface area (Å²) in [5, 5.41) is 0.0345. The maximum Gasteiger partial charge on any atom is 0.243 e. The van der Waals surface area contributed by atoms with Gasteiger partial charge in [-0.25, -0.2) is 23.1 Å². The third kappa shape index (κ3) is 2.94. The number of hydrogen-bond donors (Lipinski definition) is 1. The molecule has 1 aliphatic rings. The average molecular weight is 276 g/mol. The Morgan fingerprint density at radius 3 is 2.47 bits per heavy atom. The molecule has 2 rings (SSSR count). The van der Waals surface area contributed by atoms with Gasteiger partial charge in [0.2, 0.25) is 15.3 Å². The van der Waals surface area contributed by atoms with E-state index >= 15 is 0 Å². The van der Waals surface area contributed by atoms with Crippen LogP contribution in [0.5, 0.6) is 0 Å². The third-order valence-corrected chi connectivity index (χ3v) is 4.72. The van der Waals surface area contributed by atoms with Gasteiger partial charge in [-0.1, -0.05) is 13.8 Å². The predicted molar refractivity (Wildman–Crippen MR) is 64.1 cm³/mol. The standard InChI is InChI=1S/C10H14ClN3O2S/c1-10(2)3-7(10)4-14-17(15,16)8-5-12-9(11)13-6-8/h5-7,14H,3-4H2,1-2H3. The minimum atomic E-state index is -3.52. The summed E-state index contributed by atoms with van der Waals surface area (Å²) in [5.41, 5.74) is 0.249. The minimum Gasteiger partial charge on any atom is -0.225 e. The van der Waals surface area contributed by atoms with Gasteiger partial charge in [0.1, 0.15) is 4.90 Å². The molecular weight excluding hydrogens is 262 g/mol. The number of nitrogens with one attached hydrogen (secondary N) is 1. The van der Waals surface area contributed by atoms with Crippen LogP contribution in [0.3, 0.4) is 0 Å². The van der Waals surface area contributed by atoms with Gasteiger partial charge < -0.3 is 0 Å². The Balaban J connectivity index is 2.02. The van der Waals surface area contributed by atoms with E-state index in [1.165, 1.54) is 12.4 Å². The number of sulfonamides is 1. The molecule has 0 aliphatic heterocycles. The highest BCUT2D eigenvalue weighted by atomic mass is 35.5. The van der Waals surface area contributed by atoms with Gasteiger partial charge in [-0.05, 0) is 29.4 Å². The lowest BCUT2D eigenvalue weighted by Gasteiger charge is -2.07. The Morgan fingerprint density at radius 1 is 1.47 bits per heavy atom. The second-order valence-electron chi connectivity index (χ2n) is 4.93. The summed E-state index contributed by atoms with van der Waals surface area (Å²) in [6.07, 6.45) is 3.46. The second-order valence-corrected chi connectivity index (χ2v) is 7.03. The Labute approximate surface area is 106 Å². The van der Waals surface area contributed by atoms with Crippen molar-refractivity contribution in [3.63, 3.8) is 0 Å². The number of hydrogen-bond acceptors (Lipinski definition) is 4. The maximum absolute atomic E-state index is 11.9. The molecule has 0 amide bonds. The molecule has 1 fully saturated rings. The van der Waals surface area contributed by atoms with Crippen molar-refractivity contribution < 1.29 is 8.42 Å². The molecule has 1 unspecified atom stereocenters. The molecule has 94 valence electrons. The molecule has 1 N–H and O–H groups in total. The van der Waals surface area contributed by atoms with Crippen LogP contribution in [0.2, 0.25) is 5.28 Å². The van der Waals surface area contributed by atoms with Gasteiger partial charge in [-0.2, -0.15) is 0 Å².